The topological polar surface area (TPSA) is 81.2 Å². The number of aromatic nitrogens is 3. The molecular weight excluding hydrogens is 422 g/mol. The summed E-state index contributed by atoms with van der Waals surface area (Å²) in [5.41, 5.74) is 3.75. The molecule has 7 nitrogen and oxygen atoms in total. The van der Waals surface area contributed by atoms with Crippen LogP contribution in [-0.2, 0) is 6.54 Å². The van der Waals surface area contributed by atoms with E-state index in [4.69, 9.17) is 19.4 Å². The van der Waals surface area contributed by atoms with Gasteiger partial charge in [0.1, 0.15) is 11.6 Å². The Morgan fingerprint density at radius 1 is 0.969 bits per heavy atom. The number of hydrogen-bond donors (Lipinski definition) is 2. The Morgan fingerprint density at radius 2 is 1.75 bits per heavy atom. The van der Waals surface area contributed by atoms with Gasteiger partial charge < -0.3 is 20.1 Å². The first kappa shape index (κ1) is 22.0. The van der Waals surface area contributed by atoms with Crippen LogP contribution in [0.2, 0.25) is 0 Å². The van der Waals surface area contributed by atoms with Crippen LogP contribution in [0.4, 0.5) is 11.5 Å². The number of ether oxygens (including phenoxy) is 2. The fraction of sp³-hybridized carbons (Fsp3) is 0.292. The van der Waals surface area contributed by atoms with Crippen molar-refractivity contribution in [1.29, 1.82) is 0 Å². The zero-order valence-electron chi connectivity index (χ0n) is 18.7. The Hall–Kier alpha value is -3.23. The first-order valence-corrected chi connectivity index (χ1v) is 11.5. The van der Waals surface area contributed by atoms with Gasteiger partial charge in [0.15, 0.2) is 11.5 Å². The molecule has 4 rings (SSSR count). The second kappa shape index (κ2) is 9.93. The average molecular weight is 450 g/mol. The van der Waals surface area contributed by atoms with Crippen LogP contribution in [0.1, 0.15) is 24.7 Å². The van der Waals surface area contributed by atoms with Gasteiger partial charge in [0, 0.05) is 28.1 Å². The molecular formula is C24H27N5O2S. The highest BCUT2D eigenvalue weighted by Crippen LogP contribution is 2.36. The van der Waals surface area contributed by atoms with Gasteiger partial charge in [-0.1, -0.05) is 12.1 Å². The molecule has 2 aromatic heterocycles. The molecule has 0 atom stereocenters. The molecule has 0 radical (unpaired) electrons. The van der Waals surface area contributed by atoms with Gasteiger partial charge >= 0.3 is 0 Å². The fourth-order valence-electron chi connectivity index (χ4n) is 3.44. The third-order valence-corrected chi connectivity index (χ3v) is 5.56. The molecule has 32 heavy (non-hydrogen) atoms. The minimum Gasteiger partial charge on any atom is -0.490 e. The van der Waals surface area contributed by atoms with Crippen molar-refractivity contribution in [3.8, 4) is 22.8 Å². The molecule has 2 heterocycles. The van der Waals surface area contributed by atoms with Crippen molar-refractivity contribution in [3.63, 3.8) is 0 Å². The van der Waals surface area contributed by atoms with E-state index in [1.165, 1.54) is 0 Å². The highest BCUT2D eigenvalue weighted by Gasteiger charge is 2.15. The summed E-state index contributed by atoms with van der Waals surface area (Å²) >= 11 is 1.65. The Morgan fingerprint density at radius 3 is 2.44 bits per heavy atom. The van der Waals surface area contributed by atoms with Crippen LogP contribution < -0.4 is 20.1 Å². The van der Waals surface area contributed by atoms with Crippen LogP contribution in [0.3, 0.4) is 0 Å². The van der Waals surface area contributed by atoms with E-state index >= 15 is 0 Å². The van der Waals surface area contributed by atoms with Crippen molar-refractivity contribution < 1.29 is 9.47 Å². The van der Waals surface area contributed by atoms with Crippen LogP contribution in [0, 0.1) is 6.92 Å². The Bertz CT molecular complexity index is 1220. The predicted octanol–water partition coefficient (Wildman–Crippen LogP) is 5.32. The van der Waals surface area contributed by atoms with Gasteiger partial charge in [-0.25, -0.2) is 15.0 Å². The number of rotatable bonds is 9. The fourth-order valence-corrected chi connectivity index (χ4v) is 4.06. The summed E-state index contributed by atoms with van der Waals surface area (Å²) in [6, 6.07) is 12.0. The van der Waals surface area contributed by atoms with Crippen LogP contribution in [0.25, 0.3) is 22.2 Å². The van der Waals surface area contributed by atoms with E-state index < -0.39 is 0 Å². The molecule has 8 heteroatoms. The third kappa shape index (κ3) is 4.81. The first-order chi connectivity index (χ1) is 15.6. The molecule has 4 aromatic rings. The van der Waals surface area contributed by atoms with E-state index in [0.717, 1.165) is 38.7 Å². The molecule has 0 fully saturated rings. The number of aryl methyl sites for hydroxylation is 1. The monoisotopic (exact) mass is 449 g/mol. The molecule has 2 aromatic carbocycles. The van der Waals surface area contributed by atoms with Crippen LogP contribution in [-0.4, -0.2) is 35.2 Å². The number of nitrogens with zero attached hydrogens (tertiary/aromatic N) is 3. The minimum absolute atomic E-state index is 0.544. The van der Waals surface area contributed by atoms with Crippen molar-refractivity contribution >= 4 is 33.7 Å². The van der Waals surface area contributed by atoms with Crippen LogP contribution >= 0.6 is 11.3 Å². The molecule has 0 aliphatic rings. The van der Waals surface area contributed by atoms with Gasteiger partial charge in [0.05, 0.1) is 36.0 Å². The molecule has 0 bridgehead atoms. The number of fused-ring (bicyclic) bond motifs is 1. The van der Waals surface area contributed by atoms with Crippen molar-refractivity contribution in [3.05, 3.63) is 52.6 Å². The second-order valence-corrected chi connectivity index (χ2v) is 8.22. The quantitative estimate of drug-likeness (QED) is 0.358. The third-order valence-electron chi connectivity index (χ3n) is 4.78. The van der Waals surface area contributed by atoms with E-state index in [1.54, 1.807) is 11.3 Å². The van der Waals surface area contributed by atoms with E-state index in [2.05, 4.69) is 33.1 Å². The lowest BCUT2D eigenvalue weighted by atomic mass is 10.1. The summed E-state index contributed by atoms with van der Waals surface area (Å²) in [4.78, 5) is 14.1. The van der Waals surface area contributed by atoms with Crippen LogP contribution in [0.15, 0.2) is 41.8 Å². The molecule has 2 N–H and O–H groups in total. The molecule has 0 spiro atoms. The molecule has 0 aliphatic carbocycles. The van der Waals surface area contributed by atoms with E-state index in [9.17, 15) is 0 Å². The van der Waals surface area contributed by atoms with E-state index in [1.807, 2.05) is 52.1 Å². The SMILES string of the molecule is CCOc1cc2nc(CNC)nc(Nc3cccc(-c4csc(C)n4)c3)c2cc1OCC. The molecule has 0 unspecified atom stereocenters. The standard InChI is InChI=1S/C24H27N5O2S/c1-5-30-21-11-18-19(12-22(21)31-6-2)28-23(13-25-4)29-24(18)27-17-9-7-8-16(10-17)20-14-32-15(3)26-20/h7-12,14,25H,5-6,13H2,1-4H3,(H,27,28,29). The Balaban J connectivity index is 1.79. The van der Waals surface area contributed by atoms with Crippen molar-refractivity contribution in [2.45, 2.75) is 27.3 Å². The van der Waals surface area contributed by atoms with Gasteiger partial charge in [0.25, 0.3) is 0 Å². The van der Waals surface area contributed by atoms with Crippen molar-refractivity contribution in [2.24, 2.45) is 0 Å². The lowest BCUT2D eigenvalue weighted by molar-refractivity contribution is 0.288. The molecule has 166 valence electrons. The maximum absolute atomic E-state index is 5.83. The Labute approximate surface area is 191 Å². The highest BCUT2D eigenvalue weighted by atomic mass is 32.1. The molecule has 0 aliphatic heterocycles. The first-order valence-electron chi connectivity index (χ1n) is 10.7. The van der Waals surface area contributed by atoms with Crippen molar-refractivity contribution in [1.82, 2.24) is 20.3 Å². The zero-order chi connectivity index (χ0) is 22.5. The van der Waals surface area contributed by atoms with Gasteiger partial charge in [0.2, 0.25) is 0 Å². The maximum Gasteiger partial charge on any atom is 0.163 e. The van der Waals surface area contributed by atoms with E-state index in [0.29, 0.717) is 37.1 Å². The number of benzene rings is 2. The summed E-state index contributed by atoms with van der Waals surface area (Å²) in [6.45, 7) is 7.57. The van der Waals surface area contributed by atoms with Crippen molar-refractivity contribution in [2.75, 3.05) is 25.6 Å². The number of nitrogens with one attached hydrogen (secondary N) is 2. The maximum atomic E-state index is 5.83. The number of thiazole rings is 1. The smallest absolute Gasteiger partial charge is 0.163 e. The van der Waals surface area contributed by atoms with Gasteiger partial charge in [-0.2, -0.15) is 0 Å². The lowest BCUT2D eigenvalue weighted by Crippen LogP contribution is -2.11. The second-order valence-electron chi connectivity index (χ2n) is 7.16. The van der Waals surface area contributed by atoms with Gasteiger partial charge in [-0.15, -0.1) is 11.3 Å². The van der Waals surface area contributed by atoms with E-state index in [-0.39, 0.29) is 0 Å². The van der Waals surface area contributed by atoms with Gasteiger partial charge in [-0.3, -0.25) is 0 Å². The zero-order valence-corrected chi connectivity index (χ0v) is 19.5. The largest absolute Gasteiger partial charge is 0.490 e. The lowest BCUT2D eigenvalue weighted by Gasteiger charge is -2.15. The number of anilines is 2. The highest BCUT2D eigenvalue weighted by molar-refractivity contribution is 7.09. The summed E-state index contributed by atoms with van der Waals surface area (Å²) < 4.78 is 11.6. The minimum atomic E-state index is 0.544. The summed E-state index contributed by atoms with van der Waals surface area (Å²) in [5.74, 6) is 2.78. The summed E-state index contributed by atoms with van der Waals surface area (Å²) in [5, 5.41) is 10.6. The normalized spacial score (nSPS) is 11.0. The summed E-state index contributed by atoms with van der Waals surface area (Å²) in [6.07, 6.45) is 0. The molecule has 0 saturated heterocycles. The predicted molar refractivity (Wildman–Crippen MR) is 130 cm³/mol. The average Bonchev–Trinajstić information content (AvgIpc) is 3.22. The van der Waals surface area contributed by atoms with Gasteiger partial charge in [-0.05, 0) is 46.0 Å². The summed E-state index contributed by atoms with van der Waals surface area (Å²) in [7, 11) is 1.88. The Kier molecular flexibility index (Phi) is 6.82. The molecule has 0 amide bonds. The van der Waals surface area contributed by atoms with Crippen LogP contribution in [0.5, 0.6) is 11.5 Å². The molecule has 0 saturated carbocycles. The number of hydrogen-bond acceptors (Lipinski definition) is 8.